The Morgan fingerprint density at radius 2 is 1.88 bits per heavy atom. The molecule has 1 rings (SSSR count). The molecule has 0 fully saturated rings. The third kappa shape index (κ3) is 2.90. The quantitative estimate of drug-likeness (QED) is 0.771. The molecule has 0 spiro atoms. The summed E-state index contributed by atoms with van der Waals surface area (Å²) in [6.45, 7) is 3.50. The van der Waals surface area contributed by atoms with Crippen LogP contribution in [0.25, 0.3) is 0 Å². The molecule has 0 aliphatic rings. The number of hydrogen-bond acceptors (Lipinski definition) is 3. The Bertz CT molecular complexity index is 479. The van der Waals surface area contributed by atoms with Gasteiger partial charge >= 0.3 is 5.97 Å². The predicted octanol–water partition coefficient (Wildman–Crippen LogP) is 1.34. The van der Waals surface area contributed by atoms with Gasteiger partial charge in [-0.2, -0.15) is 0 Å². The minimum atomic E-state index is -1.13. The lowest BCUT2D eigenvalue weighted by Gasteiger charge is -2.07. The molecule has 1 aromatic carbocycles. The number of nitrogens with one attached hydrogen (secondary N) is 1. The van der Waals surface area contributed by atoms with Crippen LogP contribution in [0.3, 0.4) is 0 Å². The molecule has 2 N–H and O–H groups in total. The summed E-state index contributed by atoms with van der Waals surface area (Å²) >= 11 is 0. The molecule has 0 atom stereocenters. The Hall–Kier alpha value is -2.17. The summed E-state index contributed by atoms with van der Waals surface area (Å²) in [6, 6.07) is 3.87. The van der Waals surface area contributed by atoms with Crippen molar-refractivity contribution in [3.05, 3.63) is 34.9 Å². The van der Waals surface area contributed by atoms with Gasteiger partial charge < -0.3 is 10.4 Å². The zero-order valence-electron chi connectivity index (χ0n) is 9.61. The number of carbonyl (C=O) groups is 3. The minimum Gasteiger partial charge on any atom is -0.478 e. The van der Waals surface area contributed by atoms with Gasteiger partial charge in [0, 0.05) is 12.1 Å². The fraction of sp³-hybridized carbons (Fsp3) is 0.250. The predicted molar refractivity (Wildman–Crippen MR) is 61.4 cm³/mol. The standard InChI is InChI=1S/C12H13NO4/c1-3-13-11(15)9-5-4-8(12(16)17)6-10(9)7(2)14/h4-6H,3H2,1-2H3,(H,13,15)(H,16,17). The van der Waals surface area contributed by atoms with Crippen molar-refractivity contribution in [1.29, 1.82) is 0 Å². The van der Waals surface area contributed by atoms with Crippen LogP contribution in [0.15, 0.2) is 18.2 Å². The van der Waals surface area contributed by atoms with Gasteiger partial charge in [0.15, 0.2) is 5.78 Å². The number of amides is 1. The van der Waals surface area contributed by atoms with Crippen LogP contribution in [-0.2, 0) is 0 Å². The van der Waals surface area contributed by atoms with E-state index in [-0.39, 0.29) is 28.4 Å². The van der Waals surface area contributed by atoms with E-state index in [9.17, 15) is 14.4 Å². The first-order valence-electron chi connectivity index (χ1n) is 5.13. The van der Waals surface area contributed by atoms with Crippen LogP contribution in [0, 0.1) is 0 Å². The largest absolute Gasteiger partial charge is 0.478 e. The van der Waals surface area contributed by atoms with Gasteiger partial charge in [0.05, 0.1) is 11.1 Å². The van der Waals surface area contributed by atoms with Crippen molar-refractivity contribution in [2.24, 2.45) is 0 Å². The number of Topliss-reactive ketones (excluding diaryl/α,β-unsaturated/α-hetero) is 1. The second kappa shape index (κ2) is 5.25. The number of carbonyl (C=O) groups excluding carboxylic acids is 2. The molecule has 1 amide bonds. The molecule has 0 saturated heterocycles. The van der Waals surface area contributed by atoms with E-state index in [4.69, 9.17) is 5.11 Å². The average molecular weight is 235 g/mol. The van der Waals surface area contributed by atoms with Gasteiger partial charge in [-0.25, -0.2) is 4.79 Å². The molecule has 1 aromatic rings. The second-order valence-electron chi connectivity index (χ2n) is 3.48. The van der Waals surface area contributed by atoms with E-state index in [2.05, 4.69) is 5.32 Å². The van der Waals surface area contributed by atoms with Crippen molar-refractivity contribution in [3.63, 3.8) is 0 Å². The maximum Gasteiger partial charge on any atom is 0.335 e. The first-order chi connectivity index (χ1) is 7.97. The van der Waals surface area contributed by atoms with E-state index in [1.54, 1.807) is 6.92 Å². The summed E-state index contributed by atoms with van der Waals surface area (Å²) in [5, 5.41) is 11.4. The Labute approximate surface area is 98.4 Å². The highest BCUT2D eigenvalue weighted by molar-refractivity contribution is 6.08. The maximum atomic E-state index is 11.6. The highest BCUT2D eigenvalue weighted by Gasteiger charge is 2.16. The Morgan fingerprint density at radius 3 is 2.35 bits per heavy atom. The molecule has 5 heteroatoms. The number of carboxylic acids is 1. The van der Waals surface area contributed by atoms with Crippen molar-refractivity contribution in [3.8, 4) is 0 Å². The topological polar surface area (TPSA) is 83.5 Å². The van der Waals surface area contributed by atoms with Crippen molar-refractivity contribution in [2.75, 3.05) is 6.54 Å². The van der Waals surface area contributed by atoms with Crippen molar-refractivity contribution >= 4 is 17.7 Å². The number of ketones is 1. The molecule has 0 radical (unpaired) electrons. The average Bonchev–Trinajstić information content (AvgIpc) is 2.28. The first-order valence-corrected chi connectivity index (χ1v) is 5.13. The van der Waals surface area contributed by atoms with Crippen LogP contribution in [0.5, 0.6) is 0 Å². The summed E-state index contributed by atoms with van der Waals surface area (Å²) < 4.78 is 0. The van der Waals surface area contributed by atoms with Gasteiger partial charge in [0.25, 0.3) is 5.91 Å². The minimum absolute atomic E-state index is 0.0109. The van der Waals surface area contributed by atoms with Gasteiger partial charge in [0.1, 0.15) is 0 Å². The van der Waals surface area contributed by atoms with Crippen LogP contribution >= 0.6 is 0 Å². The SMILES string of the molecule is CCNC(=O)c1ccc(C(=O)O)cc1C(C)=O. The van der Waals surface area contributed by atoms with Crippen LogP contribution in [0.1, 0.15) is 44.9 Å². The van der Waals surface area contributed by atoms with Crippen molar-refractivity contribution in [1.82, 2.24) is 5.32 Å². The van der Waals surface area contributed by atoms with Crippen molar-refractivity contribution in [2.45, 2.75) is 13.8 Å². The van der Waals surface area contributed by atoms with Gasteiger partial charge in [0.2, 0.25) is 0 Å². The van der Waals surface area contributed by atoms with Crippen LogP contribution in [-0.4, -0.2) is 29.3 Å². The molecule has 90 valence electrons. The van der Waals surface area contributed by atoms with Crippen LogP contribution in [0.4, 0.5) is 0 Å². The second-order valence-corrected chi connectivity index (χ2v) is 3.48. The van der Waals surface area contributed by atoms with Crippen LogP contribution < -0.4 is 5.32 Å². The Balaban J connectivity index is 3.27. The molecule has 0 aliphatic heterocycles. The Kier molecular flexibility index (Phi) is 3.98. The monoisotopic (exact) mass is 235 g/mol. The molecule has 0 bridgehead atoms. The highest BCUT2D eigenvalue weighted by atomic mass is 16.4. The molecule has 0 heterocycles. The summed E-state index contributed by atoms with van der Waals surface area (Å²) in [5.41, 5.74) is 0.309. The van der Waals surface area contributed by atoms with Gasteiger partial charge in [-0.15, -0.1) is 0 Å². The molecule has 0 unspecified atom stereocenters. The fourth-order valence-electron chi connectivity index (χ4n) is 1.42. The number of carboxylic acid groups (broad SMARTS) is 1. The number of hydrogen-bond donors (Lipinski definition) is 2. The maximum absolute atomic E-state index is 11.6. The molecule has 0 aliphatic carbocycles. The number of aromatic carboxylic acids is 1. The van der Waals surface area contributed by atoms with Crippen LogP contribution in [0.2, 0.25) is 0 Å². The van der Waals surface area contributed by atoms with E-state index in [0.29, 0.717) is 6.54 Å². The lowest BCUT2D eigenvalue weighted by atomic mass is 10.0. The number of rotatable bonds is 4. The number of benzene rings is 1. The fourth-order valence-corrected chi connectivity index (χ4v) is 1.42. The van der Waals surface area contributed by atoms with E-state index in [1.165, 1.54) is 25.1 Å². The first kappa shape index (κ1) is 12.9. The molecular weight excluding hydrogens is 222 g/mol. The molecule has 0 saturated carbocycles. The highest BCUT2D eigenvalue weighted by Crippen LogP contribution is 2.13. The van der Waals surface area contributed by atoms with E-state index in [0.717, 1.165) is 0 Å². The summed E-state index contributed by atoms with van der Waals surface area (Å²) in [6.07, 6.45) is 0. The molecular formula is C12H13NO4. The van der Waals surface area contributed by atoms with Gasteiger partial charge in [-0.1, -0.05) is 0 Å². The summed E-state index contributed by atoms with van der Waals surface area (Å²) in [4.78, 5) is 33.8. The van der Waals surface area contributed by atoms with E-state index < -0.39 is 5.97 Å². The smallest absolute Gasteiger partial charge is 0.335 e. The van der Waals surface area contributed by atoms with E-state index in [1.807, 2.05) is 0 Å². The lowest BCUT2D eigenvalue weighted by Crippen LogP contribution is -2.24. The molecule has 0 aromatic heterocycles. The molecule has 17 heavy (non-hydrogen) atoms. The summed E-state index contributed by atoms with van der Waals surface area (Å²) in [5.74, 6) is -1.85. The summed E-state index contributed by atoms with van der Waals surface area (Å²) in [7, 11) is 0. The third-order valence-corrected chi connectivity index (χ3v) is 2.23. The zero-order valence-corrected chi connectivity index (χ0v) is 9.61. The lowest BCUT2D eigenvalue weighted by molar-refractivity contribution is 0.0696. The normalized spacial score (nSPS) is 9.76. The van der Waals surface area contributed by atoms with Gasteiger partial charge in [-0.05, 0) is 32.0 Å². The zero-order chi connectivity index (χ0) is 13.0. The van der Waals surface area contributed by atoms with E-state index >= 15 is 0 Å². The molecule has 5 nitrogen and oxygen atoms in total. The van der Waals surface area contributed by atoms with Crippen molar-refractivity contribution < 1.29 is 19.5 Å². The van der Waals surface area contributed by atoms with Gasteiger partial charge in [-0.3, -0.25) is 9.59 Å². The third-order valence-electron chi connectivity index (χ3n) is 2.23. The Morgan fingerprint density at radius 1 is 1.24 bits per heavy atom.